The minimum Gasteiger partial charge on any atom is -0.548 e. The first-order chi connectivity index (χ1) is 16.4. The summed E-state index contributed by atoms with van der Waals surface area (Å²) in [5.74, 6) is -1.35. The standard InChI is InChI=1S/C24H32N4O7/c1-23(2,3)34-21(32)26-20(25)17-6-4-16(5-7-17)14-18(29)27-11-8-24(9-12-27)10-13-28(15-19(30)31)22(33)35-24/h4-7H,8-15H2,1-3H3,(H,30,31)(H2,25,26,32)/p-1. The van der Waals surface area contributed by atoms with E-state index in [1.807, 2.05) is 0 Å². The van der Waals surface area contributed by atoms with Crippen LogP contribution in [-0.4, -0.2) is 77.1 Å². The molecule has 0 aliphatic carbocycles. The zero-order valence-corrected chi connectivity index (χ0v) is 20.2. The van der Waals surface area contributed by atoms with Crippen LogP contribution < -0.4 is 10.8 Å². The molecular formula is C24H31N4O7-. The molecule has 2 saturated heterocycles. The average molecular weight is 488 g/mol. The van der Waals surface area contributed by atoms with Crippen LogP contribution >= 0.6 is 0 Å². The van der Waals surface area contributed by atoms with Gasteiger partial charge in [-0.25, -0.2) is 9.59 Å². The number of carbonyl (C=O) groups excluding carboxylic acids is 4. The van der Waals surface area contributed by atoms with E-state index in [2.05, 4.69) is 4.99 Å². The second-order valence-corrected chi connectivity index (χ2v) is 9.83. The van der Waals surface area contributed by atoms with Crippen molar-refractivity contribution < 1.29 is 33.8 Å². The maximum absolute atomic E-state index is 12.8. The lowest BCUT2D eigenvalue weighted by Crippen LogP contribution is -2.56. The van der Waals surface area contributed by atoms with Crippen molar-refractivity contribution in [1.82, 2.24) is 9.80 Å². The third kappa shape index (κ3) is 7.17. The highest BCUT2D eigenvalue weighted by molar-refractivity contribution is 6.02. The van der Waals surface area contributed by atoms with Gasteiger partial charge in [0, 0.05) is 44.5 Å². The highest BCUT2D eigenvalue weighted by atomic mass is 16.6. The number of amides is 3. The summed E-state index contributed by atoms with van der Waals surface area (Å²) in [6, 6.07) is 6.89. The molecule has 1 spiro atoms. The molecule has 0 saturated carbocycles. The molecule has 3 amide bonds. The Labute approximate surface area is 203 Å². The van der Waals surface area contributed by atoms with Crippen LogP contribution in [0.3, 0.4) is 0 Å². The van der Waals surface area contributed by atoms with E-state index in [1.165, 1.54) is 0 Å². The van der Waals surface area contributed by atoms with Gasteiger partial charge in [0.1, 0.15) is 17.0 Å². The number of piperidine rings is 1. The van der Waals surface area contributed by atoms with E-state index in [0.717, 1.165) is 10.5 Å². The normalized spacial score (nSPS) is 18.3. The van der Waals surface area contributed by atoms with E-state index in [1.54, 1.807) is 49.9 Å². The van der Waals surface area contributed by atoms with Crippen LogP contribution in [-0.2, 0) is 25.5 Å². The van der Waals surface area contributed by atoms with Gasteiger partial charge in [0.15, 0.2) is 0 Å². The van der Waals surface area contributed by atoms with E-state index in [-0.39, 0.29) is 24.7 Å². The first-order valence-corrected chi connectivity index (χ1v) is 11.5. The molecule has 2 fully saturated rings. The average Bonchev–Trinajstić information content (AvgIpc) is 2.75. The maximum Gasteiger partial charge on any atom is 0.436 e. The molecule has 0 unspecified atom stereocenters. The molecule has 0 bridgehead atoms. The first-order valence-electron chi connectivity index (χ1n) is 11.5. The molecule has 2 aliphatic rings. The fraction of sp³-hybridized carbons (Fsp3) is 0.542. The number of aliphatic carboxylic acids is 1. The summed E-state index contributed by atoms with van der Waals surface area (Å²) in [7, 11) is 0. The van der Waals surface area contributed by atoms with Crippen molar-refractivity contribution in [3.63, 3.8) is 0 Å². The molecule has 11 nitrogen and oxygen atoms in total. The Bertz CT molecular complexity index is 1010. The molecule has 0 aromatic heterocycles. The smallest absolute Gasteiger partial charge is 0.436 e. The van der Waals surface area contributed by atoms with Gasteiger partial charge in [-0.2, -0.15) is 4.99 Å². The van der Waals surface area contributed by atoms with Gasteiger partial charge in [0.25, 0.3) is 0 Å². The van der Waals surface area contributed by atoms with Crippen molar-refractivity contribution in [2.24, 2.45) is 10.7 Å². The van der Waals surface area contributed by atoms with Crippen LogP contribution in [0.4, 0.5) is 9.59 Å². The molecule has 190 valence electrons. The van der Waals surface area contributed by atoms with Crippen LogP contribution in [0.1, 0.15) is 51.2 Å². The van der Waals surface area contributed by atoms with Crippen LogP contribution in [0.25, 0.3) is 0 Å². The van der Waals surface area contributed by atoms with Crippen LogP contribution in [0.2, 0.25) is 0 Å². The van der Waals surface area contributed by atoms with E-state index < -0.39 is 35.9 Å². The van der Waals surface area contributed by atoms with E-state index >= 15 is 0 Å². The summed E-state index contributed by atoms with van der Waals surface area (Å²) in [4.78, 5) is 54.1. The minimum absolute atomic E-state index is 0.0265. The van der Waals surface area contributed by atoms with Crippen LogP contribution in [0.5, 0.6) is 0 Å². The molecule has 1 aromatic rings. The third-order valence-electron chi connectivity index (χ3n) is 5.96. The van der Waals surface area contributed by atoms with Crippen molar-refractivity contribution in [3.8, 4) is 0 Å². The lowest BCUT2D eigenvalue weighted by Gasteiger charge is -2.45. The zero-order chi connectivity index (χ0) is 25.8. The highest BCUT2D eigenvalue weighted by Gasteiger charge is 2.43. The second-order valence-electron chi connectivity index (χ2n) is 9.83. The number of carboxylic acid groups (broad SMARTS) is 1. The van der Waals surface area contributed by atoms with E-state index in [4.69, 9.17) is 15.2 Å². The molecule has 2 N–H and O–H groups in total. The Morgan fingerprint density at radius 3 is 2.26 bits per heavy atom. The van der Waals surface area contributed by atoms with Crippen molar-refractivity contribution in [1.29, 1.82) is 0 Å². The Morgan fingerprint density at radius 1 is 1.11 bits per heavy atom. The van der Waals surface area contributed by atoms with Gasteiger partial charge < -0.3 is 34.9 Å². The second kappa shape index (κ2) is 10.3. The maximum atomic E-state index is 12.8. The number of nitrogens with zero attached hydrogens (tertiary/aromatic N) is 3. The van der Waals surface area contributed by atoms with E-state index in [9.17, 15) is 24.3 Å². The van der Waals surface area contributed by atoms with Gasteiger partial charge in [0.2, 0.25) is 5.91 Å². The number of carbonyl (C=O) groups is 4. The number of benzene rings is 1. The Morgan fingerprint density at radius 2 is 1.71 bits per heavy atom. The van der Waals surface area contributed by atoms with E-state index in [0.29, 0.717) is 37.9 Å². The van der Waals surface area contributed by atoms with Gasteiger partial charge >= 0.3 is 12.2 Å². The minimum atomic E-state index is -1.33. The van der Waals surface area contributed by atoms with Crippen LogP contribution in [0.15, 0.2) is 29.3 Å². The van der Waals surface area contributed by atoms with Crippen molar-refractivity contribution in [3.05, 3.63) is 35.4 Å². The van der Waals surface area contributed by atoms with Gasteiger partial charge in [-0.3, -0.25) is 4.79 Å². The van der Waals surface area contributed by atoms with Crippen LogP contribution in [0, 0.1) is 0 Å². The van der Waals surface area contributed by atoms with Crippen molar-refractivity contribution >= 4 is 29.9 Å². The fourth-order valence-corrected chi connectivity index (χ4v) is 4.07. The quantitative estimate of drug-likeness (QED) is 0.473. The number of hydrogen-bond acceptors (Lipinski definition) is 7. The zero-order valence-electron chi connectivity index (χ0n) is 20.2. The van der Waals surface area contributed by atoms with Gasteiger partial charge in [0.05, 0.1) is 18.9 Å². The van der Waals surface area contributed by atoms with Gasteiger partial charge in [-0.15, -0.1) is 0 Å². The molecule has 11 heteroatoms. The summed E-state index contributed by atoms with van der Waals surface area (Å²) in [6.45, 7) is 5.89. The van der Waals surface area contributed by atoms with Gasteiger partial charge in [-0.05, 0) is 26.3 Å². The molecule has 3 rings (SSSR count). The first kappa shape index (κ1) is 26.0. The molecule has 2 aliphatic heterocycles. The number of hydrogen-bond donors (Lipinski definition) is 1. The molecule has 35 heavy (non-hydrogen) atoms. The third-order valence-corrected chi connectivity index (χ3v) is 5.96. The Balaban J connectivity index is 1.51. The summed E-state index contributed by atoms with van der Waals surface area (Å²) < 4.78 is 10.7. The number of carboxylic acids is 1. The number of ether oxygens (including phenoxy) is 2. The number of nitrogens with two attached hydrogens (primary N) is 1. The fourth-order valence-electron chi connectivity index (χ4n) is 4.07. The summed E-state index contributed by atoms with van der Waals surface area (Å²) >= 11 is 0. The number of likely N-dealkylation sites (tertiary alicyclic amines) is 1. The molecular weight excluding hydrogens is 456 g/mol. The summed E-state index contributed by atoms with van der Waals surface area (Å²) in [5.41, 5.74) is 5.89. The lowest BCUT2D eigenvalue weighted by molar-refractivity contribution is -0.306. The van der Waals surface area contributed by atoms with Crippen molar-refractivity contribution in [2.75, 3.05) is 26.2 Å². The number of aliphatic imine (C=N–C) groups is 1. The molecule has 0 radical (unpaired) electrons. The molecule has 2 heterocycles. The SMILES string of the molecule is CC(C)(C)OC(=O)/N=C(\N)c1ccc(CC(=O)N2CCC3(CC2)CCN(CC(=O)[O-])C(=O)O3)cc1. The highest BCUT2D eigenvalue weighted by Crippen LogP contribution is 2.34. The molecule has 1 aromatic carbocycles. The topological polar surface area (TPSA) is 155 Å². The summed E-state index contributed by atoms with van der Waals surface area (Å²) in [5, 5.41) is 10.8. The predicted octanol–water partition coefficient (Wildman–Crippen LogP) is 0.823. The predicted molar refractivity (Wildman–Crippen MR) is 123 cm³/mol. The monoisotopic (exact) mass is 487 g/mol. The lowest BCUT2D eigenvalue weighted by atomic mass is 9.86. The van der Waals surface area contributed by atoms with Crippen molar-refractivity contribution in [2.45, 2.75) is 57.7 Å². The molecule has 0 atom stereocenters. The van der Waals surface area contributed by atoms with Gasteiger partial charge in [-0.1, -0.05) is 24.3 Å². The Kier molecular flexibility index (Phi) is 7.67. The number of amidine groups is 1. The largest absolute Gasteiger partial charge is 0.548 e. The Hall–Kier alpha value is -3.63. The number of rotatable bonds is 5. The summed E-state index contributed by atoms with van der Waals surface area (Å²) in [6.07, 6.45) is 0.278.